The van der Waals surface area contributed by atoms with Gasteiger partial charge in [0.1, 0.15) is 19.4 Å². The molecular formula is C39H16Cl2F38N2O11. The Hall–Kier alpha value is -6.54. The number of fused-ring (bicyclic) bond motifs is 2. The van der Waals surface area contributed by atoms with E-state index in [1.807, 2.05) is 0 Å². The smallest absolute Gasteiger partial charge is 0.452 e. The van der Waals surface area contributed by atoms with Crippen LogP contribution in [-0.2, 0) is 23.8 Å². The lowest BCUT2D eigenvalue weighted by Crippen LogP contribution is -2.59. The van der Waals surface area contributed by atoms with E-state index in [-0.39, 0.29) is 5.34 Å². The minimum absolute atomic E-state index is 0.194. The number of rotatable bonds is 15. The van der Waals surface area contributed by atoms with Crippen molar-refractivity contribution in [3.63, 3.8) is 0 Å². The average molecular weight is 1480 g/mol. The number of halogens is 40. The molecule has 0 aromatic heterocycles. The van der Waals surface area contributed by atoms with E-state index < -0.39 is 237 Å². The van der Waals surface area contributed by atoms with Crippen molar-refractivity contribution in [2.75, 3.05) is 18.6 Å². The molecule has 0 aliphatic carbocycles. The molecule has 92 heavy (non-hydrogen) atoms. The highest BCUT2D eigenvalue weighted by Gasteiger charge is 2.70. The first-order valence-electron chi connectivity index (χ1n) is 21.2. The van der Waals surface area contributed by atoms with E-state index in [9.17, 15) is 196 Å². The van der Waals surface area contributed by atoms with E-state index in [1.54, 1.807) is 0 Å². The number of aliphatic hydroxyl groups is 1. The molecule has 4 atom stereocenters. The number of carboxylic acids is 1. The van der Waals surface area contributed by atoms with Crippen LogP contribution in [0.2, 0.25) is 0 Å². The van der Waals surface area contributed by atoms with Crippen LogP contribution in [0.25, 0.3) is 0 Å². The zero-order valence-corrected chi connectivity index (χ0v) is 42.9. The van der Waals surface area contributed by atoms with Crippen molar-refractivity contribution in [1.82, 2.24) is 9.80 Å². The van der Waals surface area contributed by atoms with Gasteiger partial charge < -0.3 is 14.9 Å². The van der Waals surface area contributed by atoms with Crippen LogP contribution in [0.1, 0.15) is 54.3 Å². The van der Waals surface area contributed by atoms with Crippen LogP contribution >= 0.6 is 23.2 Å². The molecule has 0 fully saturated rings. The van der Waals surface area contributed by atoms with Gasteiger partial charge in [0.15, 0.2) is 77.1 Å². The predicted molar refractivity (Wildman–Crippen MR) is 208 cm³/mol. The van der Waals surface area contributed by atoms with E-state index in [1.165, 1.54) is 0 Å². The maximum Gasteiger partial charge on any atom is 0.452 e. The molecule has 4 rings (SSSR count). The van der Waals surface area contributed by atoms with E-state index in [2.05, 4.69) is 14.2 Å². The number of esters is 1. The average Bonchev–Trinajstić information content (AvgIpc) is 1.57. The van der Waals surface area contributed by atoms with Gasteiger partial charge in [0.2, 0.25) is 0 Å². The first-order valence-corrected chi connectivity index (χ1v) is 22.3. The van der Waals surface area contributed by atoms with Gasteiger partial charge in [-0.05, 0) is 0 Å². The highest BCUT2D eigenvalue weighted by molar-refractivity contribution is 6.40. The van der Waals surface area contributed by atoms with Crippen LogP contribution in [0.5, 0.6) is 0 Å². The number of hydrogen-bond acceptors (Lipinski definition) is 10. The molecule has 0 radical (unpaired) electrons. The Balaban J connectivity index is 0.000000748. The maximum atomic E-state index is 14.4. The molecule has 2 aromatic carbocycles. The molecule has 528 valence electrons. The number of aliphatic hydroxyl groups excluding tert-OH is 1. The second-order valence-electron chi connectivity index (χ2n) is 16.7. The Morgan fingerprint density at radius 3 is 0.837 bits per heavy atom. The third kappa shape index (κ3) is 19.1. The molecule has 2 aliphatic rings. The maximum absolute atomic E-state index is 14.4. The van der Waals surface area contributed by atoms with Gasteiger partial charge in [-0.3, -0.25) is 38.5 Å². The van der Waals surface area contributed by atoms with Gasteiger partial charge in [-0.15, -0.1) is 23.2 Å². The number of carbonyl (C=O) groups is 6. The van der Waals surface area contributed by atoms with Gasteiger partial charge in [-0.2, -0.15) is 132 Å². The number of carbonyl (C=O) groups excluding carboxylic acids is 5. The summed E-state index contributed by atoms with van der Waals surface area (Å²) in [7, 11) is 0. The van der Waals surface area contributed by atoms with Gasteiger partial charge in [0.05, 0.1) is 27.6 Å². The Kier molecular flexibility index (Phi) is 25.2. The minimum atomic E-state index is -7.03. The lowest BCUT2D eigenvalue weighted by molar-refractivity contribution is -0.428. The molecule has 0 saturated carbocycles. The van der Waals surface area contributed by atoms with E-state index >= 15 is 0 Å². The third-order valence-electron chi connectivity index (χ3n) is 10.2. The van der Waals surface area contributed by atoms with Gasteiger partial charge in [0.25, 0.3) is 23.6 Å². The molecule has 2 unspecified atom stereocenters. The third-order valence-corrected chi connectivity index (χ3v) is 10.2. The monoisotopic (exact) mass is 1480 g/mol. The molecule has 4 amide bonds. The van der Waals surface area contributed by atoms with Crippen molar-refractivity contribution in [2.45, 2.75) is 98.3 Å². The number of carboxylic acid groups (broad SMARTS) is 1. The van der Waals surface area contributed by atoms with E-state index in [4.69, 9.17) is 33.4 Å². The molecule has 53 heteroatoms. The topological polar surface area (TPSA) is 177 Å². The summed E-state index contributed by atoms with van der Waals surface area (Å²) in [5.74, 6) is -62.1. The van der Waals surface area contributed by atoms with Gasteiger partial charge in [-0.25, -0.2) is 44.7 Å². The number of ether oxygens (including phenoxy) is 3. The van der Waals surface area contributed by atoms with Crippen molar-refractivity contribution in [3.05, 3.63) is 68.8 Å². The Morgan fingerprint density at radius 2 is 0.630 bits per heavy atom. The van der Waals surface area contributed by atoms with Crippen molar-refractivity contribution >= 4 is 58.8 Å². The van der Waals surface area contributed by atoms with Crippen molar-refractivity contribution in [3.8, 4) is 0 Å². The first kappa shape index (κ1) is 83.5. The summed E-state index contributed by atoms with van der Waals surface area (Å²) in [5.41, 5.74) is -8.96. The van der Waals surface area contributed by atoms with Crippen LogP contribution in [-0.4, -0.2) is 160 Å². The molecule has 2 N–H and O–H groups in total. The highest BCUT2D eigenvalue weighted by atomic mass is 35.5. The summed E-state index contributed by atoms with van der Waals surface area (Å²) in [6.45, 7) is -6.25. The summed E-state index contributed by atoms with van der Waals surface area (Å²) in [6.07, 6.45) is -70.0. The van der Waals surface area contributed by atoms with Crippen molar-refractivity contribution in [2.24, 2.45) is 11.8 Å². The number of imide groups is 2. The first-order chi connectivity index (χ1) is 40.5. The quantitative estimate of drug-likeness (QED) is 0.0433. The number of benzene rings is 2. The zero-order chi connectivity index (χ0) is 73.5. The summed E-state index contributed by atoms with van der Waals surface area (Å²) in [6, 6.07) is -8.90. The van der Waals surface area contributed by atoms with Crippen LogP contribution in [0.3, 0.4) is 0 Å². The number of hydrogen-bond donors (Lipinski definition) is 2. The largest absolute Gasteiger partial charge is 0.480 e. The fourth-order valence-corrected chi connectivity index (χ4v) is 6.73. The van der Waals surface area contributed by atoms with Crippen LogP contribution < -0.4 is 0 Å². The molecule has 0 spiro atoms. The predicted octanol–water partition coefficient (Wildman–Crippen LogP) is 13.5. The normalized spacial score (nSPS) is 16.6. The zero-order valence-electron chi connectivity index (χ0n) is 41.4. The molecule has 13 nitrogen and oxygen atoms in total. The number of aliphatic carboxylic acids is 1. The minimum Gasteiger partial charge on any atom is -0.480 e. The van der Waals surface area contributed by atoms with Gasteiger partial charge in [0, 0.05) is 0 Å². The van der Waals surface area contributed by atoms with Crippen molar-refractivity contribution < 1.29 is 220 Å². The Bertz CT molecular complexity index is 2960. The van der Waals surface area contributed by atoms with E-state index in [0.717, 1.165) is 0 Å². The molecule has 2 heterocycles. The summed E-state index contributed by atoms with van der Waals surface area (Å²) in [4.78, 5) is 69.2. The molecular weight excluding hydrogens is 1470 g/mol. The number of nitrogens with zero attached hydrogens (tertiary/aromatic N) is 2. The fraction of sp³-hybridized carbons (Fsp3) is 0.538. The highest BCUT2D eigenvalue weighted by Crippen LogP contribution is 2.50. The lowest BCUT2D eigenvalue weighted by atomic mass is 9.96. The second kappa shape index (κ2) is 27.8. The standard InChI is InChI=1S/C19H6F19NO5.C13H3F10NO4.C6H5F9O2.CH2Cl2/c20-5-3-4(6(21)8(23)7(5)22)12(41)39(11(3)40)9(10(17(30,31)32)18(33,34)35)13(42)43-2-14(24,19(36,37)38)44-16(28,29)1-15(25,26)27;14-3-1-2(4(15)6(17)5(3)16)10(26)24(9(1)25)7(11(27)28)8(12(18,19)20)13(21,22)23;7-3(2-16,6(13,14)15)17-5(11,12)1-4(8,9)10;2-1-3/h9-10H,1-2H2;7-8H,(H,27,28);16H,1-2H2;1H2/t9-,14?;7-;;/m00../s1. The second-order valence-corrected chi connectivity index (χ2v) is 17.5. The molecule has 2 aliphatic heterocycles. The summed E-state index contributed by atoms with van der Waals surface area (Å²) in [5, 5.41) is 17.0. The summed E-state index contributed by atoms with van der Waals surface area (Å²) >= 11 is 9.53. The van der Waals surface area contributed by atoms with Crippen LogP contribution in [0, 0.1) is 58.4 Å². The Morgan fingerprint density at radius 1 is 0.402 bits per heavy atom. The molecule has 0 saturated heterocycles. The molecule has 2 aromatic rings. The van der Waals surface area contributed by atoms with Crippen LogP contribution in [0.15, 0.2) is 0 Å². The van der Waals surface area contributed by atoms with Gasteiger partial charge >= 0.3 is 85.3 Å². The van der Waals surface area contributed by atoms with Gasteiger partial charge in [-0.1, -0.05) is 0 Å². The van der Waals surface area contributed by atoms with E-state index in [0.29, 0.717) is 0 Å². The lowest BCUT2D eigenvalue weighted by Gasteiger charge is -2.35. The SMILES string of the molecule is ClCCl.O=C(O)[C@H](C(C(F)(F)F)C(F)(F)F)N1C(=O)c2c(F)c(F)c(F)c(F)c2C1=O.O=C(OCC(F)(OC(F)(F)CC(F)(F)F)C(F)(F)F)[C@H](C(C(F)(F)F)C(F)(F)F)N1C(=O)c2c(F)c(F)c(F)c(F)c2C1=O.OCC(F)(OC(F)(F)CC(F)(F)F)C(F)(F)F. The Labute approximate surface area is 486 Å². The number of alkyl halides is 32. The summed E-state index contributed by atoms with van der Waals surface area (Å²) < 4.78 is 499. The molecule has 0 bridgehead atoms. The fourth-order valence-electron chi connectivity index (χ4n) is 6.73. The van der Waals surface area contributed by atoms with Crippen molar-refractivity contribution in [1.29, 1.82) is 0 Å². The number of amides is 4. The van der Waals surface area contributed by atoms with Crippen LogP contribution in [0.4, 0.5) is 167 Å².